The van der Waals surface area contributed by atoms with E-state index in [0.29, 0.717) is 34.8 Å². The number of methoxy groups -OCH3 is 1. The molecule has 1 aromatic heterocycles. The predicted octanol–water partition coefficient (Wildman–Crippen LogP) is 5.55. The van der Waals surface area contributed by atoms with Gasteiger partial charge in [-0.05, 0) is 49.2 Å². The van der Waals surface area contributed by atoms with Crippen LogP contribution in [0.2, 0.25) is 0 Å². The molecule has 4 aromatic rings. The Balaban J connectivity index is 1.23. The summed E-state index contributed by atoms with van der Waals surface area (Å²) in [6.45, 7) is 5.70. The van der Waals surface area contributed by atoms with Gasteiger partial charge in [-0.15, -0.1) is 0 Å². The van der Waals surface area contributed by atoms with Crippen LogP contribution >= 0.6 is 21.2 Å². The molecular formula is C30H33IN6O4S. The first-order valence-corrected chi connectivity index (χ1v) is 18.0. The molecule has 0 unspecified atom stereocenters. The summed E-state index contributed by atoms with van der Waals surface area (Å²) < 4.78 is 36.1. The van der Waals surface area contributed by atoms with Crippen molar-refractivity contribution in [2.24, 2.45) is 0 Å². The average Bonchev–Trinajstić information content (AvgIpc) is 3.01. The van der Waals surface area contributed by atoms with Crippen molar-refractivity contribution in [3.63, 3.8) is 0 Å². The maximum atomic E-state index is 12.4. The Morgan fingerprint density at radius 1 is 0.905 bits per heavy atom. The SMILES string of the molecule is COc1cc(N2CCC(N3CCOCC3)CC2)ccc1Nc1nc(Nc2ccccc2S(=O)(=O)I)c2ccccc2n1. The van der Waals surface area contributed by atoms with E-state index in [0.717, 1.165) is 69.0 Å². The number of nitrogens with one attached hydrogen (secondary N) is 2. The number of fused-ring (bicyclic) bond motifs is 1. The van der Waals surface area contributed by atoms with E-state index >= 15 is 0 Å². The number of para-hydroxylation sites is 2. The van der Waals surface area contributed by atoms with Crippen molar-refractivity contribution in [3.05, 3.63) is 66.7 Å². The standard InChI is InChI=1S/C30H33IN6O4S/c1-40-27-20-22(36-14-12-21(13-15-36)37-16-18-41-19-17-37)10-11-25(27)34-30-33-24-7-3-2-6-23(24)29(35-30)32-26-8-4-5-9-28(26)42(31,38)39/h2-11,20-21H,12-19H2,1H3,(H2,32,33,34,35). The summed E-state index contributed by atoms with van der Waals surface area (Å²) in [4.78, 5) is 14.6. The Kier molecular flexibility index (Phi) is 8.65. The Morgan fingerprint density at radius 3 is 2.40 bits per heavy atom. The Hall–Kier alpha value is -3.20. The normalized spacial score (nSPS) is 16.9. The summed E-state index contributed by atoms with van der Waals surface area (Å²) in [7, 11) is -1.82. The van der Waals surface area contributed by atoms with Crippen LogP contribution in [-0.2, 0) is 11.7 Å². The zero-order chi connectivity index (χ0) is 29.1. The van der Waals surface area contributed by atoms with Gasteiger partial charge in [0.25, 0.3) is 0 Å². The molecule has 12 heteroatoms. The molecule has 0 atom stereocenters. The van der Waals surface area contributed by atoms with Gasteiger partial charge in [0.05, 0.1) is 58.4 Å². The number of benzene rings is 3. The minimum Gasteiger partial charge on any atom is -0.494 e. The fourth-order valence-corrected chi connectivity index (χ4v) is 7.44. The van der Waals surface area contributed by atoms with Crippen molar-refractivity contribution < 1.29 is 17.9 Å². The van der Waals surface area contributed by atoms with E-state index in [9.17, 15) is 8.42 Å². The molecule has 0 amide bonds. The quantitative estimate of drug-likeness (QED) is 0.180. The molecule has 2 aliphatic heterocycles. The number of anilines is 5. The third-order valence-corrected chi connectivity index (χ3v) is 10.1. The predicted molar refractivity (Wildman–Crippen MR) is 174 cm³/mol. The third-order valence-electron chi connectivity index (χ3n) is 7.83. The molecule has 0 bridgehead atoms. The van der Waals surface area contributed by atoms with Crippen molar-refractivity contribution in [1.29, 1.82) is 0 Å². The number of morpholine rings is 1. The highest BCUT2D eigenvalue weighted by Crippen LogP contribution is 2.35. The second-order valence-electron chi connectivity index (χ2n) is 10.3. The number of hydrogen-bond acceptors (Lipinski definition) is 10. The van der Waals surface area contributed by atoms with Crippen LogP contribution in [0.1, 0.15) is 12.8 Å². The molecule has 2 N–H and O–H groups in total. The van der Waals surface area contributed by atoms with Crippen LogP contribution in [-0.4, -0.2) is 75.8 Å². The lowest BCUT2D eigenvalue weighted by molar-refractivity contribution is 0.0115. The molecular weight excluding hydrogens is 667 g/mol. The van der Waals surface area contributed by atoms with Gasteiger partial charge in [0.1, 0.15) is 16.5 Å². The van der Waals surface area contributed by atoms with Crippen LogP contribution in [0.3, 0.4) is 0 Å². The number of halogens is 1. The van der Waals surface area contributed by atoms with E-state index < -0.39 is 7.01 Å². The zero-order valence-corrected chi connectivity index (χ0v) is 26.3. The Morgan fingerprint density at radius 2 is 1.64 bits per heavy atom. The fourth-order valence-electron chi connectivity index (χ4n) is 5.67. The molecule has 3 heterocycles. The molecule has 220 valence electrons. The minimum absolute atomic E-state index is 0.189. The molecule has 2 aliphatic rings. The first-order chi connectivity index (χ1) is 20.4. The van der Waals surface area contributed by atoms with Crippen molar-refractivity contribution in [2.45, 2.75) is 23.8 Å². The average molecular weight is 701 g/mol. The third kappa shape index (κ3) is 6.41. The maximum Gasteiger partial charge on any atom is 0.233 e. The van der Waals surface area contributed by atoms with Crippen LogP contribution in [0.15, 0.2) is 71.6 Å². The highest BCUT2D eigenvalue weighted by atomic mass is 127. The lowest BCUT2D eigenvalue weighted by Crippen LogP contribution is -2.49. The van der Waals surface area contributed by atoms with Crippen molar-refractivity contribution in [3.8, 4) is 5.75 Å². The number of aromatic nitrogens is 2. The van der Waals surface area contributed by atoms with Gasteiger partial charge < -0.3 is 25.0 Å². The van der Waals surface area contributed by atoms with Gasteiger partial charge in [0, 0.05) is 49.4 Å². The van der Waals surface area contributed by atoms with Gasteiger partial charge in [-0.25, -0.2) is 13.4 Å². The summed E-state index contributed by atoms with van der Waals surface area (Å²) in [6, 6.07) is 21.1. The lowest BCUT2D eigenvalue weighted by atomic mass is 10.0. The van der Waals surface area contributed by atoms with Crippen molar-refractivity contribution >= 4 is 67.9 Å². The molecule has 0 saturated carbocycles. The van der Waals surface area contributed by atoms with Gasteiger partial charge in [-0.2, -0.15) is 4.98 Å². The topological polar surface area (TPSA) is 109 Å². The summed E-state index contributed by atoms with van der Waals surface area (Å²) in [5, 5.41) is 7.33. The van der Waals surface area contributed by atoms with Gasteiger partial charge >= 0.3 is 0 Å². The van der Waals surface area contributed by atoms with Crippen molar-refractivity contribution in [1.82, 2.24) is 14.9 Å². The zero-order valence-electron chi connectivity index (χ0n) is 23.3. The fraction of sp³-hybridized carbons (Fsp3) is 0.333. The van der Waals surface area contributed by atoms with E-state index in [1.807, 2.05) is 30.3 Å². The van der Waals surface area contributed by atoms with Crippen LogP contribution in [0.4, 0.5) is 28.8 Å². The number of nitrogens with zero attached hydrogens (tertiary/aromatic N) is 4. The van der Waals surface area contributed by atoms with E-state index in [2.05, 4.69) is 32.6 Å². The monoisotopic (exact) mass is 700 g/mol. The highest BCUT2D eigenvalue weighted by Gasteiger charge is 2.26. The highest BCUT2D eigenvalue weighted by molar-refractivity contribution is 14.2. The van der Waals surface area contributed by atoms with Crippen LogP contribution in [0.25, 0.3) is 10.9 Å². The van der Waals surface area contributed by atoms with Crippen molar-refractivity contribution in [2.75, 3.05) is 62.0 Å². The molecule has 6 rings (SSSR count). The van der Waals surface area contributed by atoms with Gasteiger partial charge in [-0.3, -0.25) is 4.90 Å². The van der Waals surface area contributed by atoms with Crippen LogP contribution in [0, 0.1) is 0 Å². The number of rotatable bonds is 8. The second kappa shape index (κ2) is 12.6. The lowest BCUT2D eigenvalue weighted by Gasteiger charge is -2.40. The van der Waals surface area contributed by atoms with Gasteiger partial charge in [-0.1, -0.05) is 24.3 Å². The van der Waals surface area contributed by atoms with Crippen LogP contribution in [0.5, 0.6) is 5.75 Å². The second-order valence-corrected chi connectivity index (χ2v) is 15.1. The molecule has 10 nitrogen and oxygen atoms in total. The molecule has 2 fully saturated rings. The van der Waals surface area contributed by atoms with E-state index in [4.69, 9.17) is 19.4 Å². The molecule has 0 aliphatic carbocycles. The van der Waals surface area contributed by atoms with Gasteiger partial charge in [0.2, 0.25) is 13.0 Å². The largest absolute Gasteiger partial charge is 0.494 e. The molecule has 0 spiro atoms. The smallest absolute Gasteiger partial charge is 0.233 e. The first kappa shape index (κ1) is 28.9. The van der Waals surface area contributed by atoms with E-state index in [1.54, 1.807) is 31.4 Å². The Bertz CT molecular complexity index is 1670. The first-order valence-electron chi connectivity index (χ1n) is 14.0. The minimum atomic E-state index is -3.48. The molecule has 42 heavy (non-hydrogen) atoms. The molecule has 0 radical (unpaired) electrons. The summed E-state index contributed by atoms with van der Waals surface area (Å²) in [5.41, 5.74) is 3.02. The van der Waals surface area contributed by atoms with Gasteiger partial charge in [0.15, 0.2) is 0 Å². The summed E-state index contributed by atoms with van der Waals surface area (Å²) >= 11 is 1.45. The number of hydrogen-bond donors (Lipinski definition) is 2. The van der Waals surface area contributed by atoms with E-state index in [1.165, 1.54) is 21.2 Å². The number of piperidine rings is 1. The van der Waals surface area contributed by atoms with Crippen LogP contribution < -0.4 is 20.3 Å². The summed E-state index contributed by atoms with van der Waals surface area (Å²) in [5.74, 6) is 1.55. The molecule has 2 saturated heterocycles. The molecule has 3 aromatic carbocycles. The van der Waals surface area contributed by atoms with E-state index in [-0.39, 0.29) is 4.90 Å². The maximum absolute atomic E-state index is 12.4. The number of ether oxygens (including phenoxy) is 2. The Labute approximate surface area is 257 Å². The summed E-state index contributed by atoms with van der Waals surface area (Å²) in [6.07, 6.45) is 2.26.